The Balaban J connectivity index is 1.92. The number of fused-ring (bicyclic) bond motifs is 1. The Morgan fingerprint density at radius 3 is 2.48 bits per heavy atom. The first kappa shape index (κ1) is 15.6. The zero-order valence-corrected chi connectivity index (χ0v) is 14.2. The van der Waals surface area contributed by atoms with Gasteiger partial charge >= 0.3 is 0 Å². The van der Waals surface area contributed by atoms with Crippen LogP contribution in [0.5, 0.6) is 5.75 Å². The Kier molecular flexibility index (Phi) is 4.12. The molecule has 3 nitrogen and oxygen atoms in total. The number of benzene rings is 2. The molecule has 1 atom stereocenters. The van der Waals surface area contributed by atoms with E-state index in [4.69, 9.17) is 4.74 Å². The van der Waals surface area contributed by atoms with Crippen molar-refractivity contribution < 1.29 is 9.53 Å². The van der Waals surface area contributed by atoms with Crippen LogP contribution in [-0.2, 0) is 11.3 Å². The number of aryl methyl sites for hydroxylation is 1. The van der Waals surface area contributed by atoms with Crippen LogP contribution in [0, 0.1) is 6.92 Å². The maximum absolute atomic E-state index is 12.6. The van der Waals surface area contributed by atoms with Gasteiger partial charge in [-0.25, -0.2) is 0 Å². The Morgan fingerprint density at radius 1 is 1.13 bits per heavy atom. The maximum atomic E-state index is 12.6. The van der Waals surface area contributed by atoms with E-state index < -0.39 is 6.10 Å². The quantitative estimate of drug-likeness (QED) is 0.839. The second kappa shape index (κ2) is 6.07. The highest BCUT2D eigenvalue weighted by atomic mass is 16.5. The molecule has 2 aromatic rings. The van der Waals surface area contributed by atoms with E-state index in [9.17, 15) is 4.79 Å². The zero-order chi connectivity index (χ0) is 16.6. The Morgan fingerprint density at radius 2 is 1.83 bits per heavy atom. The zero-order valence-electron chi connectivity index (χ0n) is 14.2. The lowest BCUT2D eigenvalue weighted by Gasteiger charge is -2.33. The molecular formula is C20H23NO2. The number of amides is 1. The van der Waals surface area contributed by atoms with E-state index in [0.29, 0.717) is 12.5 Å². The Bertz CT molecular complexity index is 719. The van der Waals surface area contributed by atoms with Gasteiger partial charge in [-0.3, -0.25) is 4.79 Å². The largest absolute Gasteiger partial charge is 0.479 e. The lowest BCUT2D eigenvalue weighted by molar-refractivity contribution is -0.125. The van der Waals surface area contributed by atoms with Gasteiger partial charge in [-0.1, -0.05) is 44.2 Å². The normalized spacial score (nSPS) is 17.2. The van der Waals surface area contributed by atoms with E-state index in [2.05, 4.69) is 38.1 Å². The van der Waals surface area contributed by atoms with Gasteiger partial charge in [0, 0.05) is 0 Å². The molecule has 1 aliphatic rings. The summed E-state index contributed by atoms with van der Waals surface area (Å²) in [7, 11) is 0. The molecule has 0 bridgehead atoms. The number of ether oxygens (including phenoxy) is 1. The van der Waals surface area contributed by atoms with Crippen molar-refractivity contribution in [3.63, 3.8) is 0 Å². The number of rotatable bonds is 3. The van der Waals surface area contributed by atoms with E-state index in [-0.39, 0.29) is 5.91 Å². The average Bonchev–Trinajstić information content (AvgIpc) is 2.53. The highest BCUT2D eigenvalue weighted by Crippen LogP contribution is 2.35. The van der Waals surface area contributed by atoms with Crippen LogP contribution in [0.25, 0.3) is 0 Å². The van der Waals surface area contributed by atoms with Gasteiger partial charge in [0.25, 0.3) is 5.91 Å². The first-order valence-corrected chi connectivity index (χ1v) is 8.13. The first-order valence-electron chi connectivity index (χ1n) is 8.13. The van der Waals surface area contributed by atoms with E-state index in [1.807, 2.05) is 30.0 Å². The van der Waals surface area contributed by atoms with E-state index in [1.165, 1.54) is 5.56 Å². The minimum atomic E-state index is -0.444. The highest BCUT2D eigenvalue weighted by Gasteiger charge is 2.31. The maximum Gasteiger partial charge on any atom is 0.268 e. The predicted octanol–water partition coefficient (Wildman–Crippen LogP) is 4.43. The Labute approximate surface area is 137 Å². The molecular weight excluding hydrogens is 286 g/mol. The Hall–Kier alpha value is -2.29. The van der Waals surface area contributed by atoms with Crippen molar-refractivity contribution in [1.29, 1.82) is 0 Å². The molecule has 0 spiro atoms. The van der Waals surface area contributed by atoms with Gasteiger partial charge < -0.3 is 9.64 Å². The summed E-state index contributed by atoms with van der Waals surface area (Å²) in [5, 5.41) is 0. The molecule has 120 valence electrons. The number of anilines is 1. The third-order valence-corrected chi connectivity index (χ3v) is 4.31. The van der Waals surface area contributed by atoms with Crippen LogP contribution in [-0.4, -0.2) is 12.0 Å². The van der Waals surface area contributed by atoms with E-state index >= 15 is 0 Å². The highest BCUT2D eigenvalue weighted by molar-refractivity contribution is 5.99. The van der Waals surface area contributed by atoms with Gasteiger partial charge in [0.2, 0.25) is 0 Å². The lowest BCUT2D eigenvalue weighted by atomic mass is 10.0. The summed E-state index contributed by atoms with van der Waals surface area (Å²) in [5.41, 5.74) is 4.42. The molecule has 0 aliphatic carbocycles. The van der Waals surface area contributed by atoms with Gasteiger partial charge in [-0.2, -0.15) is 0 Å². The van der Waals surface area contributed by atoms with Crippen LogP contribution in [0.1, 0.15) is 43.4 Å². The van der Waals surface area contributed by atoms with Crippen molar-refractivity contribution in [2.45, 2.75) is 46.3 Å². The predicted molar refractivity (Wildman–Crippen MR) is 93.0 cm³/mol. The number of hydrogen-bond acceptors (Lipinski definition) is 2. The van der Waals surface area contributed by atoms with Crippen LogP contribution in [0.3, 0.4) is 0 Å². The molecule has 0 fully saturated rings. The number of hydrogen-bond donors (Lipinski definition) is 0. The number of nitrogens with zero attached hydrogens (tertiary/aromatic N) is 1. The molecule has 0 N–H and O–H groups in total. The first-order chi connectivity index (χ1) is 11.0. The van der Waals surface area contributed by atoms with Crippen LogP contribution < -0.4 is 9.64 Å². The molecule has 0 radical (unpaired) electrons. The lowest BCUT2D eigenvalue weighted by Crippen LogP contribution is -2.44. The fraction of sp³-hybridized carbons (Fsp3) is 0.350. The van der Waals surface area contributed by atoms with Gasteiger partial charge in [-0.05, 0) is 48.6 Å². The molecule has 1 heterocycles. The molecule has 1 aliphatic heterocycles. The second-order valence-electron chi connectivity index (χ2n) is 6.55. The van der Waals surface area contributed by atoms with Crippen molar-refractivity contribution in [2.75, 3.05) is 4.90 Å². The fourth-order valence-electron chi connectivity index (χ4n) is 2.87. The molecule has 0 aromatic heterocycles. The van der Waals surface area contributed by atoms with E-state index in [0.717, 1.165) is 22.6 Å². The summed E-state index contributed by atoms with van der Waals surface area (Å²) < 4.78 is 5.73. The molecule has 2 aromatic carbocycles. The second-order valence-corrected chi connectivity index (χ2v) is 6.55. The third-order valence-electron chi connectivity index (χ3n) is 4.31. The fourth-order valence-corrected chi connectivity index (χ4v) is 2.87. The number of carbonyl (C=O) groups is 1. The van der Waals surface area contributed by atoms with Gasteiger partial charge in [0.05, 0.1) is 12.2 Å². The minimum Gasteiger partial charge on any atom is -0.479 e. The van der Waals surface area contributed by atoms with Crippen LogP contribution in [0.15, 0.2) is 42.5 Å². The van der Waals surface area contributed by atoms with Crippen molar-refractivity contribution in [1.82, 2.24) is 0 Å². The topological polar surface area (TPSA) is 29.5 Å². The van der Waals surface area contributed by atoms with Crippen molar-refractivity contribution in [2.24, 2.45) is 0 Å². The van der Waals surface area contributed by atoms with Gasteiger partial charge in [-0.15, -0.1) is 0 Å². The van der Waals surface area contributed by atoms with Crippen LogP contribution in [0.4, 0.5) is 5.69 Å². The van der Waals surface area contributed by atoms with Crippen molar-refractivity contribution in [3.8, 4) is 5.75 Å². The molecule has 0 saturated carbocycles. The van der Waals surface area contributed by atoms with Crippen LogP contribution in [0.2, 0.25) is 0 Å². The summed E-state index contributed by atoms with van der Waals surface area (Å²) in [5.74, 6) is 1.30. The van der Waals surface area contributed by atoms with Gasteiger partial charge in [0.1, 0.15) is 5.75 Å². The molecule has 1 unspecified atom stereocenters. The average molecular weight is 309 g/mol. The monoisotopic (exact) mass is 309 g/mol. The molecule has 0 saturated heterocycles. The molecule has 1 amide bonds. The SMILES string of the molecule is Cc1ccc2c(c1)N(Cc1ccc(C(C)C)cc1)C(=O)C(C)O2. The standard InChI is InChI=1S/C20H23NO2/c1-13(2)17-8-6-16(7-9-17)12-21-18-11-14(3)5-10-19(18)23-15(4)20(21)22/h5-11,13,15H,12H2,1-4H3. The molecule has 3 rings (SSSR count). The van der Waals surface area contributed by atoms with Gasteiger partial charge in [0.15, 0.2) is 6.10 Å². The summed E-state index contributed by atoms with van der Waals surface area (Å²) in [6.45, 7) is 8.77. The third kappa shape index (κ3) is 3.09. The van der Waals surface area contributed by atoms with Crippen LogP contribution >= 0.6 is 0 Å². The summed E-state index contributed by atoms with van der Waals surface area (Å²) >= 11 is 0. The van der Waals surface area contributed by atoms with Crippen molar-refractivity contribution >= 4 is 11.6 Å². The summed E-state index contributed by atoms with van der Waals surface area (Å²) in [6.07, 6.45) is -0.444. The molecule has 3 heteroatoms. The smallest absolute Gasteiger partial charge is 0.268 e. The minimum absolute atomic E-state index is 0.0102. The number of carbonyl (C=O) groups excluding carboxylic acids is 1. The summed E-state index contributed by atoms with van der Waals surface area (Å²) in [4.78, 5) is 14.4. The summed E-state index contributed by atoms with van der Waals surface area (Å²) in [6, 6.07) is 14.5. The van der Waals surface area contributed by atoms with E-state index in [1.54, 1.807) is 6.92 Å². The van der Waals surface area contributed by atoms with Crippen molar-refractivity contribution in [3.05, 3.63) is 59.2 Å². The molecule has 23 heavy (non-hydrogen) atoms.